The molecule has 1 fully saturated rings. The molecule has 43 heavy (non-hydrogen) atoms. The Bertz CT molecular complexity index is 1530. The minimum absolute atomic E-state index is 0.00652. The summed E-state index contributed by atoms with van der Waals surface area (Å²) >= 11 is 0. The molecule has 1 saturated heterocycles. The van der Waals surface area contributed by atoms with Gasteiger partial charge < -0.3 is 50.7 Å². The van der Waals surface area contributed by atoms with Crippen molar-refractivity contribution in [3.63, 3.8) is 0 Å². The summed E-state index contributed by atoms with van der Waals surface area (Å²) in [6.45, 7) is -1.32. The van der Waals surface area contributed by atoms with Gasteiger partial charge in [-0.05, 0) is 0 Å². The van der Waals surface area contributed by atoms with Crippen LogP contribution in [0.4, 0.5) is 5.82 Å². The molecule has 0 saturated carbocycles. The van der Waals surface area contributed by atoms with Crippen molar-refractivity contribution in [3.05, 3.63) is 12.7 Å². The summed E-state index contributed by atoms with van der Waals surface area (Å²) in [5.74, 6) is -6.57. The van der Waals surface area contributed by atoms with Gasteiger partial charge in [-0.15, -0.1) is 0 Å². The third-order valence-electron chi connectivity index (χ3n) is 5.36. The van der Waals surface area contributed by atoms with Crippen molar-refractivity contribution in [2.45, 2.75) is 43.0 Å². The fourth-order valence-electron chi connectivity index (χ4n) is 3.68. The summed E-state index contributed by atoms with van der Waals surface area (Å²) in [6, 6.07) is 0. The van der Waals surface area contributed by atoms with Crippen molar-refractivity contribution in [3.8, 4) is 0 Å². The molecule has 24 nitrogen and oxygen atoms in total. The Morgan fingerprint density at radius 3 is 2.12 bits per heavy atom. The molecule has 27 heteroatoms. The molecule has 0 bridgehead atoms. The first-order valence-corrected chi connectivity index (χ1v) is 15.5. The van der Waals surface area contributed by atoms with Crippen LogP contribution in [0.5, 0.6) is 0 Å². The zero-order valence-electron chi connectivity index (χ0n) is 20.9. The van der Waals surface area contributed by atoms with Gasteiger partial charge in [0.2, 0.25) is 0 Å². The van der Waals surface area contributed by atoms with Gasteiger partial charge in [-0.25, -0.2) is 33.4 Å². The van der Waals surface area contributed by atoms with E-state index < -0.39 is 91.0 Å². The van der Waals surface area contributed by atoms with Crippen LogP contribution in [0.15, 0.2) is 12.7 Å². The van der Waals surface area contributed by atoms with Crippen molar-refractivity contribution in [1.29, 1.82) is 0 Å². The number of anilines is 1. The van der Waals surface area contributed by atoms with Crippen LogP contribution < -0.4 is 5.73 Å². The highest BCUT2D eigenvalue weighted by Crippen LogP contribution is 2.69. The Kier molecular flexibility index (Phi) is 10.1. The van der Waals surface area contributed by atoms with Gasteiger partial charge >= 0.3 is 41.4 Å². The molecule has 0 aliphatic carbocycles. The number of nitrogens with zero attached hydrogens (tertiary/aromatic N) is 4. The molecule has 1 aliphatic heterocycles. The van der Waals surface area contributed by atoms with Crippen molar-refractivity contribution in [1.82, 2.24) is 19.5 Å². The molecule has 0 radical (unpaired) electrons. The van der Waals surface area contributed by atoms with E-state index in [0.717, 1.165) is 17.2 Å². The van der Waals surface area contributed by atoms with Crippen LogP contribution in [-0.4, -0.2) is 108 Å². The molecule has 0 amide bonds. The molecule has 3 heterocycles. The highest BCUT2D eigenvalue weighted by atomic mass is 31.3. The number of hydrogen-bond acceptors (Lipinski definition) is 17. The lowest BCUT2D eigenvalue weighted by molar-refractivity contribution is -0.169. The van der Waals surface area contributed by atoms with Gasteiger partial charge in [0, 0.05) is 0 Å². The van der Waals surface area contributed by atoms with Crippen molar-refractivity contribution < 1.29 is 90.7 Å². The van der Waals surface area contributed by atoms with Gasteiger partial charge in [-0.2, -0.15) is 8.62 Å². The molecular formula is C16H22N5O19P3. The summed E-state index contributed by atoms with van der Waals surface area (Å²) in [7, 11) is -18.3. The first-order valence-electron chi connectivity index (χ1n) is 11.1. The van der Waals surface area contributed by atoms with Crippen LogP contribution in [-0.2, 0) is 50.5 Å². The Hall–Kier alpha value is -2.95. The average Bonchev–Trinajstić information content (AvgIpc) is 3.36. The lowest BCUT2D eigenvalue weighted by Gasteiger charge is -2.31. The normalized spacial score (nSPS) is 23.9. The van der Waals surface area contributed by atoms with E-state index in [9.17, 15) is 48.3 Å². The van der Waals surface area contributed by atoms with Crippen LogP contribution in [0.25, 0.3) is 11.2 Å². The van der Waals surface area contributed by atoms with E-state index in [-0.39, 0.29) is 17.0 Å². The molecular weight excluding hydrogens is 659 g/mol. The van der Waals surface area contributed by atoms with E-state index in [1.807, 2.05) is 0 Å². The van der Waals surface area contributed by atoms with Gasteiger partial charge in [-0.1, -0.05) is 0 Å². The predicted molar refractivity (Wildman–Crippen MR) is 129 cm³/mol. The van der Waals surface area contributed by atoms with Gasteiger partial charge in [0.25, 0.3) is 0 Å². The maximum Gasteiger partial charge on any atom is 0.490 e. The molecule has 3 rings (SSSR count). The first-order chi connectivity index (χ1) is 19.7. The number of carboxylic acids is 3. The number of nitrogen functional groups attached to an aromatic ring is 1. The summed E-state index contributed by atoms with van der Waals surface area (Å²) in [5, 5.41) is 48.9. The number of rotatable bonds is 15. The molecule has 6 atom stereocenters. The number of hydrogen-bond donors (Lipinski definition) is 9. The molecule has 0 spiro atoms. The average molecular weight is 681 g/mol. The second kappa shape index (κ2) is 12.6. The van der Waals surface area contributed by atoms with Crippen LogP contribution in [0.2, 0.25) is 0 Å². The first kappa shape index (κ1) is 34.5. The zero-order valence-corrected chi connectivity index (χ0v) is 23.5. The van der Waals surface area contributed by atoms with E-state index in [4.69, 9.17) is 35.0 Å². The molecule has 4 unspecified atom stereocenters. The number of fused-ring (bicyclic) bond motifs is 1. The molecule has 2 aromatic heterocycles. The second-order valence-electron chi connectivity index (χ2n) is 8.53. The SMILES string of the molecule is Nc1ncnc2c1ncn2[C@@H]1O[C@H](COP(=O)(OC(CC(=O)O)(CC(=O)O)C(=O)O)OP(=O)(O)OP(=O)(O)O)C(O)C1O. The summed E-state index contributed by atoms with van der Waals surface area (Å²) in [4.78, 5) is 73.6. The fraction of sp³-hybridized carbons (Fsp3) is 0.500. The minimum Gasteiger partial charge on any atom is -0.481 e. The minimum atomic E-state index is -6.25. The van der Waals surface area contributed by atoms with E-state index >= 15 is 0 Å². The highest BCUT2D eigenvalue weighted by molar-refractivity contribution is 7.66. The molecule has 240 valence electrons. The molecule has 2 aromatic rings. The van der Waals surface area contributed by atoms with Gasteiger partial charge in [0.15, 0.2) is 23.3 Å². The number of ether oxygens (including phenoxy) is 1. The van der Waals surface area contributed by atoms with Crippen molar-refractivity contribution >= 4 is 58.4 Å². The number of aliphatic hydroxyl groups is 2. The second-order valence-corrected chi connectivity index (χ2v) is 13.1. The third-order valence-corrected chi connectivity index (χ3v) is 9.70. The smallest absolute Gasteiger partial charge is 0.481 e. The number of imidazole rings is 1. The van der Waals surface area contributed by atoms with Crippen LogP contribution >= 0.6 is 23.5 Å². The topological polar surface area (TPSA) is 380 Å². The number of phosphoric ester groups is 1. The van der Waals surface area contributed by atoms with Gasteiger partial charge in [0.1, 0.15) is 30.2 Å². The fourth-order valence-corrected chi connectivity index (χ4v) is 7.49. The maximum absolute atomic E-state index is 13.4. The summed E-state index contributed by atoms with van der Waals surface area (Å²) in [5.41, 5.74) is 2.21. The number of aromatic nitrogens is 4. The number of carbonyl (C=O) groups is 3. The lowest BCUT2D eigenvalue weighted by atomic mass is 9.96. The monoisotopic (exact) mass is 681 g/mol. The molecule has 10 N–H and O–H groups in total. The zero-order chi connectivity index (χ0) is 32.5. The standard InChI is InChI=1S/C16H22N5O19P3/c17-12-9-13(19-4-18-12)21(5-20-9)14-11(27)10(26)6(37-14)3-36-43(35,40-42(33,34)39-41(30,31)32)38-16(15(28)29,1-7(22)23)2-8(24)25/h4-6,10-11,14,26-27H,1-3H2,(H,22,23)(H,24,25)(H,28,29)(H,33,34)(H2,17,18,19)(H2,30,31,32)/t6-,10?,11?,14-,43?/m1/s1. The number of nitrogens with two attached hydrogens (primary N) is 1. The Morgan fingerprint density at radius 1 is 0.977 bits per heavy atom. The Morgan fingerprint density at radius 2 is 1.58 bits per heavy atom. The Balaban J connectivity index is 1.95. The van der Waals surface area contributed by atoms with E-state index in [2.05, 4.69) is 28.1 Å². The van der Waals surface area contributed by atoms with Crippen LogP contribution in [0, 0.1) is 0 Å². The number of phosphoric acid groups is 3. The lowest BCUT2D eigenvalue weighted by Crippen LogP contribution is -2.45. The number of aliphatic hydroxyl groups excluding tert-OH is 2. The largest absolute Gasteiger partial charge is 0.490 e. The summed E-state index contributed by atoms with van der Waals surface area (Å²) < 4.78 is 60.1. The van der Waals surface area contributed by atoms with E-state index in [0.29, 0.717) is 0 Å². The van der Waals surface area contributed by atoms with E-state index in [1.165, 1.54) is 0 Å². The highest BCUT2D eigenvalue weighted by Gasteiger charge is 2.55. The Labute approximate surface area is 237 Å². The third kappa shape index (κ3) is 8.37. The van der Waals surface area contributed by atoms with Crippen molar-refractivity contribution in [2.75, 3.05) is 12.3 Å². The maximum atomic E-state index is 13.4. The van der Waals surface area contributed by atoms with Crippen LogP contribution in [0.1, 0.15) is 19.1 Å². The molecule has 0 aromatic carbocycles. The van der Waals surface area contributed by atoms with Gasteiger partial charge in [-0.3, -0.25) is 23.2 Å². The van der Waals surface area contributed by atoms with E-state index in [1.54, 1.807) is 0 Å². The summed E-state index contributed by atoms with van der Waals surface area (Å²) in [6.07, 6.45) is -8.54. The van der Waals surface area contributed by atoms with Crippen molar-refractivity contribution in [2.24, 2.45) is 0 Å². The van der Waals surface area contributed by atoms with Gasteiger partial charge in [0.05, 0.1) is 25.8 Å². The quantitative estimate of drug-likeness (QED) is 0.0933. The predicted octanol–water partition coefficient (Wildman–Crippen LogP) is -1.83. The number of carboxylic acid groups (broad SMARTS) is 3. The molecule has 1 aliphatic rings. The number of aliphatic carboxylic acids is 3. The van der Waals surface area contributed by atoms with Crippen LogP contribution in [0.3, 0.4) is 0 Å².